The van der Waals surface area contributed by atoms with Crippen molar-refractivity contribution in [2.45, 2.75) is 19.8 Å². The lowest BCUT2D eigenvalue weighted by Crippen LogP contribution is -2.07. The summed E-state index contributed by atoms with van der Waals surface area (Å²) in [5.74, 6) is -0.928. The van der Waals surface area contributed by atoms with Crippen LogP contribution in [0.2, 0.25) is 0 Å². The molecule has 0 bridgehead atoms. The van der Waals surface area contributed by atoms with E-state index in [1.54, 1.807) is 25.1 Å². The van der Waals surface area contributed by atoms with Crippen molar-refractivity contribution in [2.75, 3.05) is 0 Å². The lowest BCUT2D eigenvalue weighted by molar-refractivity contribution is -0.118. The third-order valence-electron chi connectivity index (χ3n) is 2.03. The van der Waals surface area contributed by atoms with E-state index in [4.69, 9.17) is 5.11 Å². The van der Waals surface area contributed by atoms with E-state index in [2.05, 4.69) is 0 Å². The first-order valence-electron chi connectivity index (χ1n) is 4.48. The molecule has 0 unspecified atom stereocenters. The minimum Gasteiger partial charge on any atom is -0.478 e. The lowest BCUT2D eigenvalue weighted by atomic mass is 10.0. The fourth-order valence-electron chi connectivity index (χ4n) is 1.22. The van der Waals surface area contributed by atoms with Crippen LogP contribution in [0.1, 0.15) is 29.3 Å². The predicted molar refractivity (Wildman–Crippen MR) is 52.4 cm³/mol. The van der Waals surface area contributed by atoms with Gasteiger partial charge < -0.3 is 5.11 Å². The van der Waals surface area contributed by atoms with Crippen molar-refractivity contribution in [1.82, 2.24) is 0 Å². The average molecular weight is 192 g/mol. The largest absolute Gasteiger partial charge is 0.478 e. The van der Waals surface area contributed by atoms with Crippen LogP contribution < -0.4 is 0 Å². The molecule has 0 aliphatic heterocycles. The summed E-state index contributed by atoms with van der Waals surface area (Å²) < 4.78 is 0. The highest BCUT2D eigenvalue weighted by atomic mass is 16.4. The SMILES string of the molecule is CCC(=O)Cc1ccccc1C(=O)O. The Bertz CT molecular complexity index is 355. The quantitative estimate of drug-likeness (QED) is 0.792. The van der Waals surface area contributed by atoms with Gasteiger partial charge in [-0.3, -0.25) is 4.79 Å². The highest BCUT2D eigenvalue weighted by molar-refractivity contribution is 5.92. The summed E-state index contributed by atoms with van der Waals surface area (Å²) >= 11 is 0. The molecule has 74 valence electrons. The third kappa shape index (κ3) is 2.42. The molecule has 0 atom stereocenters. The zero-order chi connectivity index (χ0) is 10.6. The van der Waals surface area contributed by atoms with Crippen LogP contribution in [-0.2, 0) is 11.2 Å². The fourth-order valence-corrected chi connectivity index (χ4v) is 1.22. The van der Waals surface area contributed by atoms with Crippen LogP contribution in [0.5, 0.6) is 0 Å². The van der Waals surface area contributed by atoms with Crippen molar-refractivity contribution < 1.29 is 14.7 Å². The van der Waals surface area contributed by atoms with Gasteiger partial charge in [-0.2, -0.15) is 0 Å². The molecule has 3 heteroatoms. The number of carboxylic acids is 1. The minimum absolute atomic E-state index is 0.0544. The van der Waals surface area contributed by atoms with Crippen LogP contribution >= 0.6 is 0 Å². The Morgan fingerprint density at radius 3 is 2.50 bits per heavy atom. The van der Waals surface area contributed by atoms with E-state index in [1.165, 1.54) is 6.07 Å². The number of hydrogen-bond acceptors (Lipinski definition) is 2. The summed E-state index contributed by atoms with van der Waals surface area (Å²) in [7, 11) is 0. The number of benzene rings is 1. The zero-order valence-electron chi connectivity index (χ0n) is 7.99. The second-order valence-corrected chi connectivity index (χ2v) is 3.03. The zero-order valence-corrected chi connectivity index (χ0v) is 7.99. The van der Waals surface area contributed by atoms with Gasteiger partial charge in [0.1, 0.15) is 5.78 Å². The van der Waals surface area contributed by atoms with Gasteiger partial charge in [0.05, 0.1) is 5.56 Å². The highest BCUT2D eigenvalue weighted by Crippen LogP contribution is 2.10. The van der Waals surface area contributed by atoms with E-state index in [0.717, 1.165) is 0 Å². The number of hydrogen-bond donors (Lipinski definition) is 1. The minimum atomic E-state index is -0.982. The van der Waals surface area contributed by atoms with Gasteiger partial charge in [0.25, 0.3) is 0 Å². The molecule has 0 heterocycles. The van der Waals surface area contributed by atoms with Gasteiger partial charge in [0.15, 0.2) is 0 Å². The number of carbonyl (C=O) groups excluding carboxylic acids is 1. The van der Waals surface area contributed by atoms with Gasteiger partial charge >= 0.3 is 5.97 Å². The van der Waals surface area contributed by atoms with Gasteiger partial charge in [-0.25, -0.2) is 4.79 Å². The van der Waals surface area contributed by atoms with E-state index >= 15 is 0 Å². The summed E-state index contributed by atoms with van der Waals surface area (Å²) in [4.78, 5) is 21.9. The number of aromatic carboxylic acids is 1. The predicted octanol–water partition coefficient (Wildman–Crippen LogP) is 1.91. The van der Waals surface area contributed by atoms with Gasteiger partial charge in [-0.05, 0) is 11.6 Å². The maximum atomic E-state index is 11.2. The van der Waals surface area contributed by atoms with Gasteiger partial charge in [-0.15, -0.1) is 0 Å². The molecule has 0 spiro atoms. The number of rotatable bonds is 4. The van der Waals surface area contributed by atoms with E-state index in [9.17, 15) is 9.59 Å². The Morgan fingerprint density at radius 2 is 1.93 bits per heavy atom. The Labute approximate surface area is 82.4 Å². The van der Waals surface area contributed by atoms with Crippen LogP contribution in [-0.4, -0.2) is 16.9 Å². The van der Waals surface area contributed by atoms with Crippen LogP contribution in [0.3, 0.4) is 0 Å². The molecule has 1 aromatic carbocycles. The monoisotopic (exact) mass is 192 g/mol. The van der Waals surface area contributed by atoms with Crippen molar-refractivity contribution in [3.63, 3.8) is 0 Å². The summed E-state index contributed by atoms with van der Waals surface area (Å²) in [6, 6.07) is 6.59. The van der Waals surface area contributed by atoms with E-state index in [1.807, 2.05) is 0 Å². The average Bonchev–Trinajstić information content (AvgIpc) is 2.18. The summed E-state index contributed by atoms with van der Waals surface area (Å²) in [5.41, 5.74) is 0.807. The number of Topliss-reactive ketones (excluding diaryl/α,β-unsaturated/α-hetero) is 1. The number of carbonyl (C=O) groups is 2. The maximum Gasteiger partial charge on any atom is 0.335 e. The highest BCUT2D eigenvalue weighted by Gasteiger charge is 2.10. The summed E-state index contributed by atoms with van der Waals surface area (Å²) in [6.07, 6.45) is 0.646. The Hall–Kier alpha value is -1.64. The standard InChI is InChI=1S/C11H12O3/c1-2-9(12)7-8-5-3-4-6-10(8)11(13)14/h3-6H,2,7H2,1H3,(H,13,14). The normalized spacial score (nSPS) is 9.79. The molecule has 0 amide bonds. The lowest BCUT2D eigenvalue weighted by Gasteiger charge is -2.03. The molecule has 0 aromatic heterocycles. The van der Waals surface area contributed by atoms with Crippen molar-refractivity contribution in [2.24, 2.45) is 0 Å². The number of carboxylic acid groups (broad SMARTS) is 1. The van der Waals surface area contributed by atoms with Crippen LogP contribution in [0.15, 0.2) is 24.3 Å². The molecular weight excluding hydrogens is 180 g/mol. The molecule has 0 saturated heterocycles. The van der Waals surface area contributed by atoms with Crippen LogP contribution in [0.4, 0.5) is 0 Å². The molecule has 0 saturated carbocycles. The molecular formula is C11H12O3. The first kappa shape index (κ1) is 10.4. The molecule has 0 aliphatic rings. The second-order valence-electron chi connectivity index (χ2n) is 3.03. The third-order valence-corrected chi connectivity index (χ3v) is 2.03. The Kier molecular flexibility index (Phi) is 3.40. The first-order chi connectivity index (χ1) is 6.65. The molecule has 14 heavy (non-hydrogen) atoms. The van der Waals surface area contributed by atoms with Crippen LogP contribution in [0, 0.1) is 0 Å². The molecule has 3 nitrogen and oxygen atoms in total. The molecule has 0 radical (unpaired) electrons. The van der Waals surface area contributed by atoms with E-state index in [-0.39, 0.29) is 17.8 Å². The molecule has 1 rings (SSSR count). The first-order valence-corrected chi connectivity index (χ1v) is 4.48. The fraction of sp³-hybridized carbons (Fsp3) is 0.273. The Morgan fingerprint density at radius 1 is 1.29 bits per heavy atom. The van der Waals surface area contributed by atoms with Crippen molar-refractivity contribution in [3.05, 3.63) is 35.4 Å². The van der Waals surface area contributed by atoms with Gasteiger partial charge in [0.2, 0.25) is 0 Å². The number of ketones is 1. The molecule has 0 fully saturated rings. The molecule has 1 N–H and O–H groups in total. The Balaban J connectivity index is 2.95. The van der Waals surface area contributed by atoms with Gasteiger partial charge in [-0.1, -0.05) is 25.1 Å². The smallest absolute Gasteiger partial charge is 0.335 e. The topological polar surface area (TPSA) is 54.4 Å². The summed E-state index contributed by atoms with van der Waals surface area (Å²) in [6.45, 7) is 1.77. The maximum absolute atomic E-state index is 11.2. The van der Waals surface area contributed by atoms with Crippen molar-refractivity contribution in [1.29, 1.82) is 0 Å². The van der Waals surface area contributed by atoms with Crippen molar-refractivity contribution in [3.8, 4) is 0 Å². The summed E-state index contributed by atoms with van der Waals surface area (Å²) in [5, 5.41) is 8.84. The molecule has 1 aromatic rings. The van der Waals surface area contributed by atoms with E-state index in [0.29, 0.717) is 12.0 Å². The second kappa shape index (κ2) is 4.56. The van der Waals surface area contributed by atoms with E-state index < -0.39 is 5.97 Å². The molecule has 0 aliphatic carbocycles. The van der Waals surface area contributed by atoms with Gasteiger partial charge in [0, 0.05) is 12.8 Å². The van der Waals surface area contributed by atoms with Crippen LogP contribution in [0.25, 0.3) is 0 Å². The van der Waals surface area contributed by atoms with Crippen molar-refractivity contribution >= 4 is 11.8 Å².